The lowest BCUT2D eigenvalue weighted by molar-refractivity contribution is 0.292. The molecule has 78 valence electrons. The Morgan fingerprint density at radius 1 is 1.53 bits per heavy atom. The van der Waals surface area contributed by atoms with Crippen molar-refractivity contribution in [2.24, 2.45) is 0 Å². The van der Waals surface area contributed by atoms with Crippen molar-refractivity contribution in [1.29, 1.82) is 0 Å². The molecule has 0 atom stereocenters. The van der Waals surface area contributed by atoms with Crippen LogP contribution in [0.2, 0.25) is 5.02 Å². The summed E-state index contributed by atoms with van der Waals surface area (Å²) in [4.78, 5) is 4.00. The van der Waals surface area contributed by atoms with E-state index in [0.29, 0.717) is 17.5 Å². The highest BCUT2D eigenvalue weighted by Gasteiger charge is 2.06. The molecule has 0 unspecified atom stereocenters. The molecule has 0 saturated heterocycles. The standard InChI is InChI=1S/C10H9ClN2O2/c1-7-8(6-15-13-7)5-14-10-9(11)3-2-4-12-10/h2-4,6H,5H2,1H3. The van der Waals surface area contributed by atoms with Crippen LogP contribution in [-0.2, 0) is 6.61 Å². The summed E-state index contributed by atoms with van der Waals surface area (Å²) in [6.07, 6.45) is 3.17. The van der Waals surface area contributed by atoms with Crippen molar-refractivity contribution in [3.8, 4) is 5.88 Å². The van der Waals surface area contributed by atoms with Crippen LogP contribution in [-0.4, -0.2) is 10.1 Å². The predicted octanol–water partition coefficient (Wildman–Crippen LogP) is 2.61. The van der Waals surface area contributed by atoms with Crippen molar-refractivity contribution in [2.45, 2.75) is 13.5 Å². The highest BCUT2D eigenvalue weighted by atomic mass is 35.5. The van der Waals surface area contributed by atoms with Crippen molar-refractivity contribution < 1.29 is 9.26 Å². The minimum Gasteiger partial charge on any atom is -0.472 e. The van der Waals surface area contributed by atoms with E-state index in [2.05, 4.69) is 10.1 Å². The minimum absolute atomic E-state index is 0.353. The van der Waals surface area contributed by atoms with Gasteiger partial charge >= 0.3 is 0 Å². The molecule has 2 aromatic rings. The average molecular weight is 225 g/mol. The summed E-state index contributed by atoms with van der Waals surface area (Å²) < 4.78 is 10.2. The molecule has 2 rings (SSSR count). The predicted molar refractivity (Wildman–Crippen MR) is 54.8 cm³/mol. The minimum atomic E-state index is 0.353. The first-order chi connectivity index (χ1) is 7.27. The zero-order valence-corrected chi connectivity index (χ0v) is 8.86. The normalized spacial score (nSPS) is 10.3. The van der Waals surface area contributed by atoms with E-state index < -0.39 is 0 Å². The summed E-state index contributed by atoms with van der Waals surface area (Å²) in [5.41, 5.74) is 1.69. The molecule has 0 saturated carbocycles. The van der Waals surface area contributed by atoms with Crippen molar-refractivity contribution >= 4 is 11.6 Å². The van der Waals surface area contributed by atoms with Crippen LogP contribution in [0.4, 0.5) is 0 Å². The molecule has 5 heteroatoms. The lowest BCUT2D eigenvalue weighted by Crippen LogP contribution is -1.97. The summed E-state index contributed by atoms with van der Waals surface area (Å²) in [6, 6.07) is 3.48. The van der Waals surface area contributed by atoms with Crippen LogP contribution in [0.3, 0.4) is 0 Å². The number of hydrogen-bond acceptors (Lipinski definition) is 4. The van der Waals surface area contributed by atoms with E-state index in [0.717, 1.165) is 11.3 Å². The van der Waals surface area contributed by atoms with Gasteiger partial charge < -0.3 is 9.26 Å². The first-order valence-electron chi connectivity index (χ1n) is 4.40. The molecule has 0 aliphatic rings. The molecule has 0 aromatic carbocycles. The molecule has 2 heterocycles. The fourth-order valence-electron chi connectivity index (χ4n) is 1.07. The Bertz CT molecular complexity index is 456. The Labute approximate surface area is 91.8 Å². The first kappa shape index (κ1) is 9.98. The van der Waals surface area contributed by atoms with Crippen molar-refractivity contribution in [1.82, 2.24) is 10.1 Å². The van der Waals surface area contributed by atoms with Crippen molar-refractivity contribution in [3.05, 3.63) is 40.9 Å². The Hall–Kier alpha value is -1.55. The largest absolute Gasteiger partial charge is 0.472 e. The van der Waals surface area contributed by atoms with Gasteiger partial charge in [0.15, 0.2) is 0 Å². The van der Waals surface area contributed by atoms with Crippen molar-refractivity contribution in [3.63, 3.8) is 0 Å². The topological polar surface area (TPSA) is 48.2 Å². The van der Waals surface area contributed by atoms with Gasteiger partial charge in [0.05, 0.1) is 11.3 Å². The third-order valence-electron chi connectivity index (χ3n) is 1.94. The maximum absolute atomic E-state index is 5.88. The smallest absolute Gasteiger partial charge is 0.232 e. The fourth-order valence-corrected chi connectivity index (χ4v) is 1.25. The molecule has 2 aromatic heterocycles. The maximum Gasteiger partial charge on any atom is 0.232 e. The number of aromatic nitrogens is 2. The highest BCUT2D eigenvalue weighted by molar-refractivity contribution is 6.31. The van der Waals surface area contributed by atoms with Crippen molar-refractivity contribution in [2.75, 3.05) is 0 Å². The van der Waals surface area contributed by atoms with E-state index in [4.69, 9.17) is 20.9 Å². The molecule has 0 amide bonds. The molecule has 0 N–H and O–H groups in total. The van der Waals surface area contributed by atoms with E-state index in [9.17, 15) is 0 Å². The van der Waals surface area contributed by atoms with Gasteiger partial charge in [-0.15, -0.1) is 0 Å². The van der Waals surface area contributed by atoms with Gasteiger partial charge in [-0.1, -0.05) is 16.8 Å². The van der Waals surface area contributed by atoms with Gasteiger partial charge in [0.25, 0.3) is 0 Å². The molecule has 0 spiro atoms. The zero-order valence-electron chi connectivity index (χ0n) is 8.11. The van der Waals surface area contributed by atoms with Gasteiger partial charge in [0.2, 0.25) is 5.88 Å². The number of rotatable bonds is 3. The summed E-state index contributed by atoms with van der Waals surface area (Å²) in [6.45, 7) is 2.20. The molecule has 0 fully saturated rings. The molecular weight excluding hydrogens is 216 g/mol. The monoisotopic (exact) mass is 224 g/mol. The van der Waals surface area contributed by atoms with Crippen LogP contribution in [0, 0.1) is 6.92 Å². The SMILES string of the molecule is Cc1nocc1COc1ncccc1Cl. The van der Waals surface area contributed by atoms with Gasteiger partial charge in [-0.05, 0) is 19.1 Å². The van der Waals surface area contributed by atoms with E-state index in [1.807, 2.05) is 6.92 Å². The lowest BCUT2D eigenvalue weighted by Gasteiger charge is -2.04. The molecular formula is C10H9ClN2O2. The lowest BCUT2D eigenvalue weighted by atomic mass is 10.3. The number of halogens is 1. The van der Waals surface area contributed by atoms with E-state index in [1.165, 1.54) is 0 Å². The van der Waals surface area contributed by atoms with E-state index >= 15 is 0 Å². The van der Waals surface area contributed by atoms with Crippen LogP contribution in [0.1, 0.15) is 11.3 Å². The van der Waals surface area contributed by atoms with Crippen LogP contribution >= 0.6 is 11.6 Å². The Kier molecular flexibility index (Phi) is 2.87. The third-order valence-corrected chi connectivity index (χ3v) is 2.23. The van der Waals surface area contributed by atoms with E-state index in [-0.39, 0.29) is 0 Å². The Balaban J connectivity index is 2.06. The van der Waals surface area contributed by atoms with Crippen LogP contribution < -0.4 is 4.74 Å². The van der Waals surface area contributed by atoms with Crippen LogP contribution in [0.5, 0.6) is 5.88 Å². The second-order valence-electron chi connectivity index (χ2n) is 3.00. The summed E-state index contributed by atoms with van der Waals surface area (Å²) in [5, 5.41) is 4.24. The number of pyridine rings is 1. The quantitative estimate of drug-likeness (QED) is 0.804. The van der Waals surface area contributed by atoms with Gasteiger partial charge in [-0.25, -0.2) is 4.98 Å². The number of hydrogen-bond donors (Lipinski definition) is 0. The maximum atomic E-state index is 5.88. The summed E-state index contributed by atoms with van der Waals surface area (Å²) in [5.74, 6) is 0.416. The van der Waals surface area contributed by atoms with E-state index in [1.54, 1.807) is 24.6 Å². The second kappa shape index (κ2) is 4.31. The molecule has 0 radical (unpaired) electrons. The van der Waals surface area contributed by atoms with Crippen LogP contribution in [0.25, 0.3) is 0 Å². The Morgan fingerprint density at radius 3 is 3.07 bits per heavy atom. The van der Waals surface area contributed by atoms with Gasteiger partial charge in [-0.2, -0.15) is 0 Å². The number of nitrogens with zero attached hydrogens (tertiary/aromatic N) is 2. The van der Waals surface area contributed by atoms with Crippen LogP contribution in [0.15, 0.2) is 29.1 Å². The molecule has 0 bridgehead atoms. The van der Waals surface area contributed by atoms with Gasteiger partial charge in [0.1, 0.15) is 17.9 Å². The molecule has 0 aliphatic heterocycles. The van der Waals surface area contributed by atoms with Gasteiger partial charge in [0, 0.05) is 6.20 Å². The summed E-state index contributed by atoms with van der Waals surface area (Å²) >= 11 is 5.88. The molecule has 0 aliphatic carbocycles. The fraction of sp³-hybridized carbons (Fsp3) is 0.200. The third kappa shape index (κ3) is 2.27. The average Bonchev–Trinajstić information content (AvgIpc) is 2.63. The Morgan fingerprint density at radius 2 is 2.40 bits per heavy atom. The molecule has 15 heavy (non-hydrogen) atoms. The summed E-state index contributed by atoms with van der Waals surface area (Å²) in [7, 11) is 0. The molecule has 4 nitrogen and oxygen atoms in total. The number of ether oxygens (including phenoxy) is 1. The zero-order chi connectivity index (χ0) is 10.7. The van der Waals surface area contributed by atoms with Gasteiger partial charge in [-0.3, -0.25) is 0 Å². The second-order valence-corrected chi connectivity index (χ2v) is 3.41. The first-order valence-corrected chi connectivity index (χ1v) is 4.78. The highest BCUT2D eigenvalue weighted by Crippen LogP contribution is 2.21. The number of aryl methyl sites for hydroxylation is 1.